The molecule has 2 heterocycles. The molecule has 5 nitrogen and oxygen atoms in total. The molecule has 0 spiro atoms. The predicted octanol–water partition coefficient (Wildman–Crippen LogP) is 5.97. The first-order chi connectivity index (χ1) is 12.9. The number of halogens is 2. The van der Waals surface area contributed by atoms with Gasteiger partial charge in [0.2, 0.25) is 0 Å². The molecule has 0 radical (unpaired) electrons. The molecule has 0 aliphatic rings. The average Bonchev–Trinajstić information content (AvgIpc) is 3.03. The number of rotatable bonds is 6. The van der Waals surface area contributed by atoms with Crippen LogP contribution in [0.2, 0.25) is 0 Å². The fourth-order valence-corrected chi connectivity index (χ4v) is 4.59. The molecule has 140 valence electrons. The molecule has 0 aliphatic heterocycles. The maximum Gasteiger partial charge on any atom is 0.307 e. The lowest BCUT2D eigenvalue weighted by molar-refractivity contribution is -0.136. The van der Waals surface area contributed by atoms with Crippen molar-refractivity contribution in [3.05, 3.63) is 55.4 Å². The minimum atomic E-state index is -0.853. The molecule has 0 saturated heterocycles. The topological polar surface area (TPSA) is 75.1 Å². The van der Waals surface area contributed by atoms with Gasteiger partial charge in [0.1, 0.15) is 5.82 Å². The van der Waals surface area contributed by atoms with Gasteiger partial charge in [-0.1, -0.05) is 13.0 Å². The van der Waals surface area contributed by atoms with Crippen LogP contribution in [0, 0.1) is 6.92 Å². The molecule has 0 bridgehead atoms. The Balaban J connectivity index is 1.98. The van der Waals surface area contributed by atoms with Crippen LogP contribution in [0.3, 0.4) is 0 Å². The van der Waals surface area contributed by atoms with Crippen LogP contribution in [0.4, 0.5) is 11.5 Å². The van der Waals surface area contributed by atoms with E-state index < -0.39 is 5.97 Å². The Labute approximate surface area is 178 Å². The number of carbonyl (C=O) groups is 1. The number of carboxylic acids is 1. The van der Waals surface area contributed by atoms with Gasteiger partial charge in [0.15, 0.2) is 5.82 Å². The molecular weight excluding hydrogens is 494 g/mol. The highest BCUT2D eigenvalue weighted by atomic mass is 79.9. The first-order valence-corrected chi connectivity index (χ1v) is 10.7. The maximum absolute atomic E-state index is 10.9. The molecular formula is C19H17Br2N3O2S. The van der Waals surface area contributed by atoms with Crippen molar-refractivity contribution in [1.82, 2.24) is 9.97 Å². The number of anilines is 2. The van der Waals surface area contributed by atoms with Gasteiger partial charge in [0, 0.05) is 15.7 Å². The largest absolute Gasteiger partial charge is 0.481 e. The summed E-state index contributed by atoms with van der Waals surface area (Å²) in [5.74, 6) is 0.590. The van der Waals surface area contributed by atoms with Crippen LogP contribution < -0.4 is 5.32 Å². The quantitative estimate of drug-likeness (QED) is 0.427. The van der Waals surface area contributed by atoms with Gasteiger partial charge in [-0.3, -0.25) is 4.79 Å². The van der Waals surface area contributed by atoms with Crippen LogP contribution in [0.15, 0.2) is 38.6 Å². The van der Waals surface area contributed by atoms with E-state index in [1.165, 1.54) is 0 Å². The first-order valence-electron chi connectivity index (χ1n) is 8.27. The minimum Gasteiger partial charge on any atom is -0.481 e. The Bertz CT molecular complexity index is 1000. The molecule has 2 aromatic heterocycles. The third-order valence-corrected chi connectivity index (χ3v) is 6.28. The summed E-state index contributed by atoms with van der Waals surface area (Å²) in [6.07, 6.45) is 0.792. The Morgan fingerprint density at radius 3 is 2.59 bits per heavy atom. The van der Waals surface area contributed by atoms with Crippen molar-refractivity contribution in [2.45, 2.75) is 26.7 Å². The molecule has 27 heavy (non-hydrogen) atoms. The number of aromatic nitrogens is 2. The molecule has 3 rings (SSSR count). The zero-order valence-electron chi connectivity index (χ0n) is 14.7. The predicted molar refractivity (Wildman–Crippen MR) is 116 cm³/mol. The lowest BCUT2D eigenvalue weighted by Gasteiger charge is -2.15. The number of aryl methyl sites for hydroxylation is 1. The summed E-state index contributed by atoms with van der Waals surface area (Å²) in [5.41, 5.74) is 3.55. The van der Waals surface area contributed by atoms with Crippen molar-refractivity contribution in [2.75, 3.05) is 5.32 Å². The molecule has 1 aromatic carbocycles. The maximum atomic E-state index is 10.9. The molecule has 3 aromatic rings. The third kappa shape index (κ3) is 4.75. The van der Waals surface area contributed by atoms with Crippen LogP contribution >= 0.6 is 43.2 Å². The van der Waals surface area contributed by atoms with E-state index >= 15 is 0 Å². The lowest BCUT2D eigenvalue weighted by atomic mass is 10.1. The van der Waals surface area contributed by atoms with Gasteiger partial charge in [0.05, 0.1) is 20.8 Å². The van der Waals surface area contributed by atoms with Gasteiger partial charge >= 0.3 is 5.97 Å². The molecule has 0 aliphatic carbocycles. The number of nitrogens with zero attached hydrogens (tertiary/aromatic N) is 2. The van der Waals surface area contributed by atoms with Gasteiger partial charge in [-0.2, -0.15) is 0 Å². The highest BCUT2D eigenvalue weighted by Crippen LogP contribution is 2.33. The Hall–Kier alpha value is -1.77. The van der Waals surface area contributed by atoms with E-state index in [9.17, 15) is 4.79 Å². The fourth-order valence-electron chi connectivity index (χ4n) is 2.74. The monoisotopic (exact) mass is 509 g/mol. The molecule has 0 saturated carbocycles. The fraction of sp³-hybridized carbons (Fsp3) is 0.211. The Morgan fingerprint density at radius 1 is 1.22 bits per heavy atom. The van der Waals surface area contributed by atoms with E-state index in [0.717, 1.165) is 47.9 Å². The molecule has 2 N–H and O–H groups in total. The second-order valence-corrected chi connectivity index (χ2v) is 9.24. The Kier molecular flexibility index (Phi) is 6.29. The van der Waals surface area contributed by atoms with Crippen LogP contribution in [-0.4, -0.2) is 21.0 Å². The summed E-state index contributed by atoms with van der Waals surface area (Å²) in [6, 6.07) is 9.46. The smallest absolute Gasteiger partial charge is 0.307 e. The van der Waals surface area contributed by atoms with Crippen molar-refractivity contribution in [1.29, 1.82) is 0 Å². The normalized spacial score (nSPS) is 10.8. The number of hydrogen-bond donors (Lipinski definition) is 2. The van der Waals surface area contributed by atoms with E-state index in [0.29, 0.717) is 5.82 Å². The van der Waals surface area contributed by atoms with E-state index in [2.05, 4.69) is 49.1 Å². The van der Waals surface area contributed by atoms with Crippen LogP contribution in [0.1, 0.15) is 23.7 Å². The van der Waals surface area contributed by atoms with E-state index in [1.54, 1.807) is 17.4 Å². The lowest BCUT2D eigenvalue weighted by Crippen LogP contribution is -2.06. The second-order valence-electron chi connectivity index (χ2n) is 5.93. The number of thiophene rings is 1. The summed E-state index contributed by atoms with van der Waals surface area (Å²) in [5, 5.41) is 12.3. The highest BCUT2D eigenvalue weighted by Gasteiger charge is 2.14. The zero-order chi connectivity index (χ0) is 19.6. The van der Waals surface area contributed by atoms with Gasteiger partial charge in [-0.15, -0.1) is 11.3 Å². The van der Waals surface area contributed by atoms with E-state index in [1.807, 2.05) is 31.2 Å². The summed E-state index contributed by atoms with van der Waals surface area (Å²) in [6.45, 7) is 4.06. The summed E-state index contributed by atoms with van der Waals surface area (Å²) >= 11 is 8.59. The first kappa shape index (κ1) is 20.0. The van der Waals surface area contributed by atoms with Crippen molar-refractivity contribution < 1.29 is 9.90 Å². The number of benzene rings is 1. The van der Waals surface area contributed by atoms with Gasteiger partial charge in [0.25, 0.3) is 0 Å². The van der Waals surface area contributed by atoms with Crippen molar-refractivity contribution >= 4 is 60.7 Å². The van der Waals surface area contributed by atoms with Crippen molar-refractivity contribution in [3.8, 4) is 10.7 Å². The summed E-state index contributed by atoms with van der Waals surface area (Å²) in [4.78, 5) is 21.3. The van der Waals surface area contributed by atoms with Gasteiger partial charge in [-0.25, -0.2) is 9.97 Å². The molecule has 0 atom stereocenters. The molecule has 0 amide bonds. The molecule has 0 fully saturated rings. The molecule has 8 heteroatoms. The van der Waals surface area contributed by atoms with Crippen molar-refractivity contribution in [2.24, 2.45) is 0 Å². The van der Waals surface area contributed by atoms with E-state index in [-0.39, 0.29) is 6.42 Å². The highest BCUT2D eigenvalue weighted by molar-refractivity contribution is 9.11. The standard InChI is InChI=1S/C19H17Br2N3O2S/c1-3-12-10(2)22-19(15-6-7-16(21)27-15)24-18(12)23-14-5-4-11(8-13(14)20)9-17(25)26/h4-8H,3,9H2,1-2H3,(H,25,26)(H,22,23,24). The number of nitrogens with one attached hydrogen (secondary N) is 1. The van der Waals surface area contributed by atoms with Gasteiger partial charge in [-0.05, 0) is 75.0 Å². The van der Waals surface area contributed by atoms with Crippen LogP contribution in [0.25, 0.3) is 10.7 Å². The van der Waals surface area contributed by atoms with Crippen LogP contribution in [0.5, 0.6) is 0 Å². The van der Waals surface area contributed by atoms with E-state index in [4.69, 9.17) is 10.1 Å². The molecule has 0 unspecified atom stereocenters. The summed E-state index contributed by atoms with van der Waals surface area (Å²) in [7, 11) is 0. The SMILES string of the molecule is CCc1c(C)nc(-c2ccc(Br)s2)nc1Nc1ccc(CC(=O)O)cc1Br. The number of hydrogen-bond acceptors (Lipinski definition) is 5. The van der Waals surface area contributed by atoms with Gasteiger partial charge < -0.3 is 10.4 Å². The van der Waals surface area contributed by atoms with Crippen molar-refractivity contribution in [3.63, 3.8) is 0 Å². The van der Waals surface area contributed by atoms with Crippen LogP contribution in [-0.2, 0) is 17.6 Å². The number of carboxylic acid groups (broad SMARTS) is 1. The Morgan fingerprint density at radius 2 is 2.00 bits per heavy atom. The minimum absolute atomic E-state index is 0.0108. The average molecular weight is 511 g/mol. The zero-order valence-corrected chi connectivity index (χ0v) is 18.7. The number of aliphatic carboxylic acids is 1. The second kappa shape index (κ2) is 8.50. The third-order valence-electron chi connectivity index (χ3n) is 4.00. The summed E-state index contributed by atoms with van der Waals surface area (Å²) < 4.78 is 1.82.